The van der Waals surface area contributed by atoms with Gasteiger partial charge in [-0.05, 0) is 50.6 Å². The number of hydrogen-bond acceptors (Lipinski definition) is 4. The number of amides is 1. The number of rotatable bonds is 3. The van der Waals surface area contributed by atoms with Crippen LogP contribution in [0.3, 0.4) is 0 Å². The molecule has 0 spiro atoms. The number of pyridine rings is 1. The summed E-state index contributed by atoms with van der Waals surface area (Å²) in [5.41, 5.74) is 3.55. The van der Waals surface area contributed by atoms with Crippen LogP contribution in [0.5, 0.6) is 5.75 Å². The predicted molar refractivity (Wildman–Crippen MR) is 103 cm³/mol. The molecule has 2 N–H and O–H groups in total. The molecule has 1 unspecified atom stereocenters. The minimum Gasteiger partial charge on any atom is -0.487 e. The molecule has 0 saturated heterocycles. The fraction of sp³-hybridized carbons (Fsp3) is 0.286. The Kier molecular flexibility index (Phi) is 4.18. The van der Waals surface area contributed by atoms with Gasteiger partial charge in [0.1, 0.15) is 22.7 Å². The highest BCUT2D eigenvalue weighted by Gasteiger charge is 2.34. The molecule has 2 aromatic heterocycles. The maximum Gasteiger partial charge on any atom is 0.269 e. The van der Waals surface area contributed by atoms with Crippen molar-refractivity contribution in [1.29, 1.82) is 0 Å². The number of nitrogens with zero attached hydrogens (tertiary/aromatic N) is 2. The Labute approximate surface area is 158 Å². The summed E-state index contributed by atoms with van der Waals surface area (Å²) in [6.45, 7) is 6.10. The first-order chi connectivity index (χ1) is 12.9. The molecule has 3 aromatic rings. The van der Waals surface area contributed by atoms with Gasteiger partial charge in [-0.2, -0.15) is 5.10 Å². The van der Waals surface area contributed by atoms with E-state index in [1.165, 1.54) is 0 Å². The summed E-state index contributed by atoms with van der Waals surface area (Å²) in [5, 5.41) is 10.1. The highest BCUT2D eigenvalue weighted by atomic mass is 16.5. The Morgan fingerprint density at radius 2 is 2.07 bits per heavy atom. The van der Waals surface area contributed by atoms with Gasteiger partial charge in [-0.3, -0.25) is 14.9 Å². The highest BCUT2D eigenvalue weighted by Crippen LogP contribution is 2.40. The molecule has 1 aliphatic heterocycles. The van der Waals surface area contributed by atoms with Crippen molar-refractivity contribution in [1.82, 2.24) is 20.5 Å². The molecule has 4 rings (SSSR count). The summed E-state index contributed by atoms with van der Waals surface area (Å²) in [7, 11) is 0. The molecular weight excluding hydrogens is 340 g/mol. The van der Waals surface area contributed by atoms with Gasteiger partial charge in [0.2, 0.25) is 0 Å². The first-order valence-corrected chi connectivity index (χ1v) is 8.98. The van der Waals surface area contributed by atoms with Gasteiger partial charge in [0, 0.05) is 18.2 Å². The van der Waals surface area contributed by atoms with Gasteiger partial charge in [0.15, 0.2) is 0 Å². The summed E-state index contributed by atoms with van der Waals surface area (Å²) >= 11 is 0. The average molecular weight is 362 g/mol. The molecule has 3 heterocycles. The molecule has 0 saturated carbocycles. The molecule has 138 valence electrons. The van der Waals surface area contributed by atoms with E-state index in [-0.39, 0.29) is 17.6 Å². The number of nitrogens with one attached hydrogen (secondary N) is 2. The number of benzene rings is 1. The Morgan fingerprint density at radius 1 is 1.22 bits per heavy atom. The quantitative estimate of drug-likeness (QED) is 0.742. The van der Waals surface area contributed by atoms with Crippen molar-refractivity contribution in [3.63, 3.8) is 0 Å². The highest BCUT2D eigenvalue weighted by molar-refractivity contribution is 5.93. The topological polar surface area (TPSA) is 79.9 Å². The molecule has 0 bridgehead atoms. The maximum absolute atomic E-state index is 12.8. The van der Waals surface area contributed by atoms with E-state index in [0.29, 0.717) is 17.8 Å². The van der Waals surface area contributed by atoms with Gasteiger partial charge in [0.05, 0.1) is 11.7 Å². The molecule has 6 heteroatoms. The van der Waals surface area contributed by atoms with Gasteiger partial charge in [-0.1, -0.05) is 18.2 Å². The summed E-state index contributed by atoms with van der Waals surface area (Å²) in [6, 6.07) is 13.3. The monoisotopic (exact) mass is 362 g/mol. The van der Waals surface area contributed by atoms with E-state index in [4.69, 9.17) is 4.74 Å². The summed E-state index contributed by atoms with van der Waals surface area (Å²) in [4.78, 5) is 17.1. The van der Waals surface area contributed by atoms with Crippen molar-refractivity contribution in [3.05, 3.63) is 65.5 Å². The van der Waals surface area contributed by atoms with E-state index in [2.05, 4.69) is 20.5 Å². The lowest BCUT2D eigenvalue weighted by Crippen LogP contribution is -2.41. The Bertz CT molecular complexity index is 979. The van der Waals surface area contributed by atoms with Crippen LogP contribution in [0.2, 0.25) is 0 Å². The molecule has 1 atom stereocenters. The van der Waals surface area contributed by atoms with E-state index in [9.17, 15) is 4.79 Å². The average Bonchev–Trinajstić information content (AvgIpc) is 3.11. The molecule has 6 nitrogen and oxygen atoms in total. The minimum atomic E-state index is -0.355. The van der Waals surface area contributed by atoms with Gasteiger partial charge in [-0.25, -0.2) is 0 Å². The first-order valence-electron chi connectivity index (χ1n) is 8.98. The number of carbonyl (C=O) groups is 1. The standard InChI is InChI=1S/C21H22N4O2/c1-13-7-8-14-18(12-21(2,3)27-19(14)10-13)23-20(26)17-11-16(24-25-17)15-6-4-5-9-22-15/h4-11,18H,12H2,1-3H3,(H,23,26)(H,24,25). The third-order valence-electron chi connectivity index (χ3n) is 4.68. The maximum atomic E-state index is 12.8. The fourth-order valence-corrected chi connectivity index (χ4v) is 3.41. The molecule has 0 fully saturated rings. The second-order valence-electron chi connectivity index (χ2n) is 7.52. The molecule has 1 aromatic carbocycles. The van der Waals surface area contributed by atoms with Crippen LogP contribution in [0.1, 0.15) is 47.9 Å². The number of hydrogen-bond donors (Lipinski definition) is 2. The van der Waals surface area contributed by atoms with Crippen molar-refractivity contribution in [2.75, 3.05) is 0 Å². The fourth-order valence-electron chi connectivity index (χ4n) is 3.41. The Hall–Kier alpha value is -3.15. The van der Waals surface area contributed by atoms with Crippen LogP contribution in [-0.4, -0.2) is 26.7 Å². The SMILES string of the molecule is Cc1ccc2c(c1)OC(C)(C)CC2NC(=O)c1cc(-c2ccccn2)n[nH]1. The van der Waals surface area contributed by atoms with Crippen molar-refractivity contribution in [3.8, 4) is 17.1 Å². The number of ether oxygens (including phenoxy) is 1. The lowest BCUT2D eigenvalue weighted by Gasteiger charge is -2.38. The minimum absolute atomic E-state index is 0.126. The Balaban J connectivity index is 1.57. The van der Waals surface area contributed by atoms with E-state index in [0.717, 1.165) is 22.6 Å². The zero-order chi connectivity index (χ0) is 19.0. The second kappa shape index (κ2) is 6.54. The van der Waals surface area contributed by atoms with Gasteiger partial charge >= 0.3 is 0 Å². The zero-order valence-corrected chi connectivity index (χ0v) is 15.6. The van der Waals surface area contributed by atoms with Crippen LogP contribution < -0.4 is 10.1 Å². The van der Waals surface area contributed by atoms with Crippen molar-refractivity contribution in [2.24, 2.45) is 0 Å². The third kappa shape index (κ3) is 3.56. The normalized spacial score (nSPS) is 17.7. The van der Waals surface area contributed by atoms with Crippen LogP contribution in [0, 0.1) is 6.92 Å². The number of aryl methyl sites for hydroxylation is 1. The van der Waals surface area contributed by atoms with Crippen LogP contribution >= 0.6 is 0 Å². The molecule has 27 heavy (non-hydrogen) atoms. The van der Waals surface area contributed by atoms with E-state index in [1.807, 2.05) is 57.2 Å². The molecule has 1 aliphatic rings. The summed E-state index contributed by atoms with van der Waals surface area (Å²) in [5.74, 6) is 0.634. The smallest absolute Gasteiger partial charge is 0.269 e. The van der Waals surface area contributed by atoms with Crippen LogP contribution in [0.15, 0.2) is 48.7 Å². The largest absolute Gasteiger partial charge is 0.487 e. The number of carbonyl (C=O) groups excluding carboxylic acids is 1. The summed E-state index contributed by atoms with van der Waals surface area (Å²) in [6.07, 6.45) is 2.39. The molecule has 0 radical (unpaired) electrons. The van der Waals surface area contributed by atoms with Crippen molar-refractivity contribution < 1.29 is 9.53 Å². The number of aromatic amines is 1. The van der Waals surface area contributed by atoms with E-state index < -0.39 is 0 Å². The van der Waals surface area contributed by atoms with Crippen LogP contribution in [0.4, 0.5) is 0 Å². The Morgan fingerprint density at radius 3 is 2.85 bits per heavy atom. The lowest BCUT2D eigenvalue weighted by molar-refractivity contribution is 0.0617. The number of fused-ring (bicyclic) bond motifs is 1. The predicted octanol–water partition coefficient (Wildman–Crippen LogP) is 3.81. The number of H-pyrrole nitrogens is 1. The van der Waals surface area contributed by atoms with Crippen molar-refractivity contribution in [2.45, 2.75) is 38.8 Å². The van der Waals surface area contributed by atoms with Crippen LogP contribution in [-0.2, 0) is 0 Å². The van der Waals surface area contributed by atoms with E-state index >= 15 is 0 Å². The van der Waals surface area contributed by atoms with Gasteiger partial charge in [0.25, 0.3) is 5.91 Å². The van der Waals surface area contributed by atoms with Crippen LogP contribution in [0.25, 0.3) is 11.4 Å². The lowest BCUT2D eigenvalue weighted by atomic mass is 9.89. The first kappa shape index (κ1) is 17.3. The van der Waals surface area contributed by atoms with E-state index in [1.54, 1.807) is 12.3 Å². The van der Waals surface area contributed by atoms with Gasteiger partial charge < -0.3 is 10.1 Å². The van der Waals surface area contributed by atoms with Gasteiger partial charge in [-0.15, -0.1) is 0 Å². The molecule has 1 amide bonds. The third-order valence-corrected chi connectivity index (χ3v) is 4.68. The summed E-state index contributed by atoms with van der Waals surface area (Å²) < 4.78 is 6.10. The zero-order valence-electron chi connectivity index (χ0n) is 15.6. The molecule has 0 aliphatic carbocycles. The molecular formula is C21H22N4O2. The second-order valence-corrected chi connectivity index (χ2v) is 7.52. The van der Waals surface area contributed by atoms with Crippen molar-refractivity contribution >= 4 is 5.91 Å². The number of aromatic nitrogens is 3.